The molecule has 0 N–H and O–H groups in total. The van der Waals surface area contributed by atoms with Gasteiger partial charge in [-0.3, -0.25) is 0 Å². The van der Waals surface area contributed by atoms with Crippen LogP contribution >= 0.6 is 15.9 Å². The van der Waals surface area contributed by atoms with Gasteiger partial charge in [0.1, 0.15) is 10.2 Å². The van der Waals surface area contributed by atoms with Gasteiger partial charge in [-0.15, -0.1) is 0 Å². The van der Waals surface area contributed by atoms with Gasteiger partial charge in [0.15, 0.2) is 0 Å². The van der Waals surface area contributed by atoms with E-state index >= 15 is 0 Å². The molecule has 0 radical (unpaired) electrons. The number of rotatable bonds is 1. The van der Waals surface area contributed by atoms with E-state index in [4.69, 9.17) is 4.74 Å². The number of nitrogens with zero attached hydrogens (tertiary/aromatic N) is 2. The van der Waals surface area contributed by atoms with E-state index in [-0.39, 0.29) is 12.1 Å². The van der Waals surface area contributed by atoms with Gasteiger partial charge in [0, 0.05) is 24.2 Å². The van der Waals surface area contributed by atoms with E-state index in [9.17, 15) is 4.79 Å². The number of pyridine rings is 1. The van der Waals surface area contributed by atoms with E-state index in [0.29, 0.717) is 12.0 Å². The third kappa shape index (κ3) is 2.93. The van der Waals surface area contributed by atoms with Crippen LogP contribution in [0.3, 0.4) is 0 Å². The molecule has 0 saturated carbocycles. The van der Waals surface area contributed by atoms with Gasteiger partial charge in [0.2, 0.25) is 0 Å². The van der Waals surface area contributed by atoms with E-state index < -0.39 is 5.60 Å². The van der Waals surface area contributed by atoms with Crippen molar-refractivity contribution in [2.24, 2.45) is 0 Å². The zero-order valence-corrected chi connectivity index (χ0v) is 14.3. The Balaban J connectivity index is 1.78. The zero-order chi connectivity index (χ0) is 15.2. The van der Waals surface area contributed by atoms with Gasteiger partial charge in [0.05, 0.1) is 0 Å². The molecule has 2 aliphatic rings. The van der Waals surface area contributed by atoms with Crippen molar-refractivity contribution < 1.29 is 9.53 Å². The highest BCUT2D eigenvalue weighted by molar-refractivity contribution is 9.10. The lowest BCUT2D eigenvalue weighted by atomic mass is 9.85. The van der Waals surface area contributed by atoms with Crippen molar-refractivity contribution in [2.75, 3.05) is 0 Å². The lowest BCUT2D eigenvalue weighted by Crippen LogP contribution is -2.40. The molecule has 3 atom stereocenters. The molecule has 1 aromatic rings. The number of aromatic nitrogens is 1. The molecule has 1 amide bonds. The topological polar surface area (TPSA) is 42.4 Å². The summed E-state index contributed by atoms with van der Waals surface area (Å²) in [6, 6.07) is 4.65. The van der Waals surface area contributed by atoms with E-state index in [2.05, 4.69) is 27.0 Å². The highest BCUT2D eigenvalue weighted by Crippen LogP contribution is 2.47. The molecule has 5 heteroatoms. The summed E-state index contributed by atoms with van der Waals surface area (Å²) >= 11 is 3.37. The molecule has 3 unspecified atom stereocenters. The van der Waals surface area contributed by atoms with Crippen LogP contribution in [0, 0.1) is 0 Å². The molecule has 1 aromatic heterocycles. The Kier molecular flexibility index (Phi) is 3.72. The summed E-state index contributed by atoms with van der Waals surface area (Å²) in [6.07, 6.45) is 4.92. The van der Waals surface area contributed by atoms with Crippen molar-refractivity contribution in [1.29, 1.82) is 0 Å². The average molecular weight is 353 g/mol. The summed E-state index contributed by atoms with van der Waals surface area (Å²) in [4.78, 5) is 18.7. The molecule has 0 aromatic carbocycles. The highest BCUT2D eigenvalue weighted by Gasteiger charge is 2.50. The molecule has 2 fully saturated rings. The summed E-state index contributed by atoms with van der Waals surface area (Å²) in [5, 5.41) is 0. The van der Waals surface area contributed by atoms with Gasteiger partial charge >= 0.3 is 6.09 Å². The molecule has 3 heterocycles. The average Bonchev–Trinajstić information content (AvgIpc) is 2.95. The standard InChI is InChI=1S/C16H21BrN2O2/c1-16(2,3)21-15(20)19-11-5-6-13(19)12(8-11)10-4-7-14(17)18-9-10/h4,7,9,11-13H,5-6,8H2,1-3H3. The predicted octanol–water partition coefficient (Wildman–Crippen LogP) is 4.10. The molecular weight excluding hydrogens is 332 g/mol. The summed E-state index contributed by atoms with van der Waals surface area (Å²) < 4.78 is 6.42. The third-order valence-electron chi connectivity index (χ3n) is 4.32. The maximum absolute atomic E-state index is 12.4. The van der Waals surface area contributed by atoms with Crippen LogP contribution in [0.1, 0.15) is 51.5 Å². The molecule has 0 spiro atoms. The van der Waals surface area contributed by atoms with Crippen LogP contribution in [0.4, 0.5) is 4.79 Å². The van der Waals surface area contributed by atoms with Gasteiger partial charge in [0.25, 0.3) is 0 Å². The lowest BCUT2D eigenvalue weighted by molar-refractivity contribution is 0.0213. The first-order valence-electron chi connectivity index (χ1n) is 7.48. The maximum atomic E-state index is 12.4. The Morgan fingerprint density at radius 2 is 2.14 bits per heavy atom. The molecule has 3 rings (SSSR count). The van der Waals surface area contributed by atoms with Gasteiger partial charge in [-0.1, -0.05) is 6.07 Å². The Labute approximate surface area is 134 Å². The van der Waals surface area contributed by atoms with E-state index in [1.165, 1.54) is 5.56 Å². The normalized spacial score (nSPS) is 28.0. The number of hydrogen-bond donors (Lipinski definition) is 0. The van der Waals surface area contributed by atoms with Crippen molar-refractivity contribution in [3.8, 4) is 0 Å². The van der Waals surface area contributed by atoms with Crippen LogP contribution in [-0.4, -0.2) is 33.7 Å². The van der Waals surface area contributed by atoms with Crippen molar-refractivity contribution in [1.82, 2.24) is 9.88 Å². The number of amides is 1. The fourth-order valence-electron chi connectivity index (χ4n) is 3.55. The van der Waals surface area contributed by atoms with Crippen LogP contribution < -0.4 is 0 Å². The largest absolute Gasteiger partial charge is 0.444 e. The first kappa shape index (κ1) is 14.8. The Bertz CT molecular complexity index is 538. The predicted molar refractivity (Wildman–Crippen MR) is 84.2 cm³/mol. The summed E-state index contributed by atoms with van der Waals surface area (Å²) in [5.74, 6) is 0.386. The highest BCUT2D eigenvalue weighted by atomic mass is 79.9. The van der Waals surface area contributed by atoms with Crippen LogP contribution in [-0.2, 0) is 4.74 Å². The maximum Gasteiger partial charge on any atom is 0.410 e. The number of hydrogen-bond acceptors (Lipinski definition) is 3. The van der Waals surface area contributed by atoms with Crippen molar-refractivity contribution in [2.45, 2.75) is 63.6 Å². The number of halogens is 1. The monoisotopic (exact) mass is 352 g/mol. The Morgan fingerprint density at radius 1 is 1.38 bits per heavy atom. The minimum atomic E-state index is -0.437. The number of fused-ring (bicyclic) bond motifs is 2. The molecule has 2 bridgehead atoms. The molecule has 0 aliphatic carbocycles. The Hall–Kier alpha value is -1.10. The molecule has 114 valence electrons. The van der Waals surface area contributed by atoms with Crippen molar-refractivity contribution in [3.05, 3.63) is 28.5 Å². The minimum Gasteiger partial charge on any atom is -0.444 e. The quantitative estimate of drug-likeness (QED) is 0.714. The zero-order valence-electron chi connectivity index (χ0n) is 12.7. The number of carbonyl (C=O) groups is 1. The van der Waals surface area contributed by atoms with E-state index in [1.54, 1.807) is 0 Å². The van der Waals surface area contributed by atoms with Crippen LogP contribution in [0.15, 0.2) is 22.9 Å². The van der Waals surface area contributed by atoms with Gasteiger partial charge < -0.3 is 9.64 Å². The smallest absolute Gasteiger partial charge is 0.410 e. The van der Waals surface area contributed by atoms with Gasteiger partial charge in [-0.25, -0.2) is 9.78 Å². The van der Waals surface area contributed by atoms with Crippen molar-refractivity contribution in [3.63, 3.8) is 0 Å². The lowest BCUT2D eigenvalue weighted by Gasteiger charge is -2.28. The van der Waals surface area contributed by atoms with Crippen LogP contribution in [0.25, 0.3) is 0 Å². The molecule has 21 heavy (non-hydrogen) atoms. The van der Waals surface area contributed by atoms with E-state index in [0.717, 1.165) is 23.9 Å². The van der Waals surface area contributed by atoms with Gasteiger partial charge in [-0.05, 0) is 67.6 Å². The summed E-state index contributed by atoms with van der Waals surface area (Å²) in [7, 11) is 0. The second-order valence-corrected chi connectivity index (χ2v) is 7.76. The molecular formula is C16H21BrN2O2. The summed E-state index contributed by atoms with van der Waals surface area (Å²) in [5.41, 5.74) is 0.785. The van der Waals surface area contributed by atoms with Crippen LogP contribution in [0.2, 0.25) is 0 Å². The van der Waals surface area contributed by atoms with Crippen LogP contribution in [0.5, 0.6) is 0 Å². The first-order valence-corrected chi connectivity index (χ1v) is 8.27. The SMILES string of the molecule is CC(C)(C)OC(=O)N1C2CCC1C(c1ccc(Br)nc1)C2. The minimum absolute atomic E-state index is 0.164. The van der Waals surface area contributed by atoms with E-state index in [1.807, 2.05) is 37.9 Å². The fourth-order valence-corrected chi connectivity index (χ4v) is 3.79. The summed E-state index contributed by atoms with van der Waals surface area (Å²) in [6.45, 7) is 5.75. The molecule has 2 saturated heterocycles. The second kappa shape index (κ2) is 5.27. The molecule has 2 aliphatic heterocycles. The first-order chi connectivity index (χ1) is 9.85. The van der Waals surface area contributed by atoms with Crippen molar-refractivity contribution >= 4 is 22.0 Å². The number of ether oxygens (including phenoxy) is 1. The third-order valence-corrected chi connectivity index (χ3v) is 4.79. The second-order valence-electron chi connectivity index (χ2n) is 6.94. The molecule has 4 nitrogen and oxygen atoms in total. The fraction of sp³-hybridized carbons (Fsp3) is 0.625. The Morgan fingerprint density at radius 3 is 2.76 bits per heavy atom. The van der Waals surface area contributed by atoms with Gasteiger partial charge in [-0.2, -0.15) is 0 Å². The number of carbonyl (C=O) groups excluding carboxylic acids is 1.